The minimum absolute atomic E-state index is 0.145. The van der Waals surface area contributed by atoms with Crippen LogP contribution in [0.25, 0.3) is 28.0 Å². The lowest BCUT2D eigenvalue weighted by molar-refractivity contribution is 0.284. The monoisotopic (exact) mass is 552 g/mol. The van der Waals surface area contributed by atoms with E-state index < -0.39 is 5.69 Å². The maximum Gasteiger partial charge on any atom is 0.334 e. The Morgan fingerprint density at radius 1 is 0.805 bits per heavy atom. The fourth-order valence-electron chi connectivity index (χ4n) is 4.66. The van der Waals surface area contributed by atoms with Gasteiger partial charge in [0.1, 0.15) is 13.2 Å². The van der Waals surface area contributed by atoms with Crippen molar-refractivity contribution in [2.45, 2.75) is 13.2 Å². The molecular formula is C31H28N4O6. The standard InChI is InChI=1S/C31H28N4O6/c1-37-26-11-10-21(14-27(26)41-19-20-8-6-5-7-9-20)23-17-24-25(18-33-23)34(13-12-32)31(36)35(24)22-15-28(38-2)30(40-4)29(16-22)39-3/h5-11,14-18H,13,19H2,1-4H3. The first-order valence-corrected chi connectivity index (χ1v) is 12.7. The summed E-state index contributed by atoms with van der Waals surface area (Å²) < 4.78 is 31.0. The van der Waals surface area contributed by atoms with Gasteiger partial charge < -0.3 is 23.7 Å². The van der Waals surface area contributed by atoms with Gasteiger partial charge in [0, 0.05) is 17.7 Å². The van der Waals surface area contributed by atoms with Crippen LogP contribution in [0.15, 0.2) is 77.7 Å². The number of benzene rings is 3. The molecule has 0 fully saturated rings. The number of nitriles is 1. The summed E-state index contributed by atoms with van der Waals surface area (Å²) in [6, 6.07) is 22.6. The predicted molar refractivity (Wildman–Crippen MR) is 153 cm³/mol. The smallest absolute Gasteiger partial charge is 0.334 e. The van der Waals surface area contributed by atoms with Crippen molar-refractivity contribution in [3.8, 4) is 51.8 Å². The van der Waals surface area contributed by atoms with Crippen molar-refractivity contribution in [2.24, 2.45) is 0 Å². The van der Waals surface area contributed by atoms with Gasteiger partial charge in [0.2, 0.25) is 5.75 Å². The molecule has 5 aromatic rings. The van der Waals surface area contributed by atoms with E-state index in [9.17, 15) is 10.1 Å². The first-order chi connectivity index (χ1) is 20.0. The SMILES string of the molecule is COc1ccc(-c2cc3c(cn2)n(CC#N)c(=O)n3-c2cc(OC)c(OC)c(OC)c2)cc1OCc1ccccc1. The lowest BCUT2D eigenvalue weighted by atomic mass is 10.1. The Balaban J connectivity index is 1.65. The number of hydrogen-bond acceptors (Lipinski definition) is 8. The fraction of sp³-hybridized carbons (Fsp3) is 0.194. The Bertz CT molecular complexity index is 1780. The average molecular weight is 553 g/mol. The van der Waals surface area contributed by atoms with E-state index in [1.807, 2.05) is 48.5 Å². The molecule has 0 radical (unpaired) electrons. The van der Waals surface area contributed by atoms with Gasteiger partial charge >= 0.3 is 5.69 Å². The molecule has 0 aliphatic heterocycles. The summed E-state index contributed by atoms with van der Waals surface area (Å²) in [5, 5.41) is 9.44. The molecule has 5 rings (SSSR count). The van der Waals surface area contributed by atoms with Crippen molar-refractivity contribution in [2.75, 3.05) is 28.4 Å². The second kappa shape index (κ2) is 11.8. The number of imidazole rings is 1. The van der Waals surface area contributed by atoms with Crippen LogP contribution >= 0.6 is 0 Å². The Kier molecular flexibility index (Phi) is 7.78. The van der Waals surface area contributed by atoms with E-state index in [4.69, 9.17) is 23.7 Å². The summed E-state index contributed by atoms with van der Waals surface area (Å²) in [7, 11) is 6.11. The molecule has 0 N–H and O–H groups in total. The number of ether oxygens (including phenoxy) is 5. The maximum atomic E-state index is 13.6. The largest absolute Gasteiger partial charge is 0.493 e. The highest BCUT2D eigenvalue weighted by molar-refractivity contribution is 5.82. The van der Waals surface area contributed by atoms with E-state index in [2.05, 4.69) is 11.1 Å². The molecule has 0 saturated heterocycles. The molecule has 0 saturated carbocycles. The molecule has 0 spiro atoms. The number of nitrogens with zero attached hydrogens (tertiary/aromatic N) is 4. The van der Waals surface area contributed by atoms with Crippen molar-refractivity contribution in [1.29, 1.82) is 5.26 Å². The Labute approximate surface area is 236 Å². The third kappa shape index (κ3) is 5.13. The number of aromatic nitrogens is 3. The van der Waals surface area contributed by atoms with E-state index in [-0.39, 0.29) is 6.54 Å². The normalized spacial score (nSPS) is 10.7. The molecule has 0 amide bonds. The molecular weight excluding hydrogens is 524 g/mol. The van der Waals surface area contributed by atoms with Crippen LogP contribution in [-0.2, 0) is 13.2 Å². The summed E-state index contributed by atoms with van der Waals surface area (Å²) in [4.78, 5) is 18.3. The van der Waals surface area contributed by atoms with Gasteiger partial charge in [-0.25, -0.2) is 4.79 Å². The highest BCUT2D eigenvalue weighted by Crippen LogP contribution is 2.40. The van der Waals surface area contributed by atoms with Gasteiger partial charge in [-0.3, -0.25) is 14.1 Å². The second-order valence-corrected chi connectivity index (χ2v) is 8.94. The lowest BCUT2D eigenvalue weighted by Gasteiger charge is -2.15. The topological polar surface area (TPSA) is 110 Å². The summed E-state index contributed by atoms with van der Waals surface area (Å²) in [6.45, 7) is 0.221. The molecule has 41 heavy (non-hydrogen) atoms. The average Bonchev–Trinajstić information content (AvgIpc) is 3.29. The number of fused-ring (bicyclic) bond motifs is 1. The first-order valence-electron chi connectivity index (χ1n) is 12.7. The highest BCUT2D eigenvalue weighted by atomic mass is 16.5. The van der Waals surface area contributed by atoms with E-state index in [0.717, 1.165) is 11.1 Å². The van der Waals surface area contributed by atoms with E-state index >= 15 is 0 Å². The summed E-state index contributed by atoms with van der Waals surface area (Å²) in [6.07, 6.45) is 1.59. The Morgan fingerprint density at radius 2 is 1.51 bits per heavy atom. The zero-order chi connectivity index (χ0) is 28.9. The van der Waals surface area contributed by atoms with Crippen molar-refractivity contribution in [1.82, 2.24) is 14.1 Å². The van der Waals surface area contributed by atoms with E-state index in [1.165, 1.54) is 30.5 Å². The molecule has 208 valence electrons. The van der Waals surface area contributed by atoms with Gasteiger partial charge in [0.05, 0.1) is 63.1 Å². The maximum absolute atomic E-state index is 13.6. The van der Waals surface area contributed by atoms with Crippen molar-refractivity contribution < 1.29 is 23.7 Å². The molecule has 2 aromatic heterocycles. The number of methoxy groups -OCH3 is 4. The van der Waals surface area contributed by atoms with Crippen LogP contribution < -0.4 is 29.4 Å². The molecule has 0 aliphatic carbocycles. The molecule has 10 heteroatoms. The van der Waals surface area contributed by atoms with E-state index in [1.54, 1.807) is 31.5 Å². The van der Waals surface area contributed by atoms with Gasteiger partial charge in [0.25, 0.3) is 0 Å². The van der Waals surface area contributed by atoms with Gasteiger partial charge in [-0.1, -0.05) is 30.3 Å². The molecule has 0 atom stereocenters. The van der Waals surface area contributed by atoms with Crippen LogP contribution in [-0.4, -0.2) is 42.6 Å². The zero-order valence-corrected chi connectivity index (χ0v) is 23.1. The van der Waals surface area contributed by atoms with Crippen LogP contribution in [0.4, 0.5) is 0 Å². The number of pyridine rings is 1. The first kappa shape index (κ1) is 27.1. The molecule has 0 bridgehead atoms. The lowest BCUT2D eigenvalue weighted by Crippen LogP contribution is -2.23. The molecule has 0 unspecified atom stereocenters. The summed E-state index contributed by atoms with van der Waals surface area (Å²) >= 11 is 0. The Hall–Kier alpha value is -5.43. The summed E-state index contributed by atoms with van der Waals surface area (Å²) in [5.41, 5.74) is 3.50. The zero-order valence-electron chi connectivity index (χ0n) is 23.1. The van der Waals surface area contributed by atoms with Gasteiger partial charge in [-0.2, -0.15) is 5.26 Å². The van der Waals surface area contributed by atoms with Crippen molar-refractivity contribution in [3.63, 3.8) is 0 Å². The quantitative estimate of drug-likeness (QED) is 0.238. The number of hydrogen-bond donors (Lipinski definition) is 0. The van der Waals surface area contributed by atoms with Gasteiger partial charge in [0.15, 0.2) is 23.0 Å². The minimum Gasteiger partial charge on any atom is -0.493 e. The molecule has 0 aliphatic rings. The van der Waals surface area contributed by atoms with Crippen LogP contribution in [0, 0.1) is 11.3 Å². The fourth-order valence-corrected chi connectivity index (χ4v) is 4.66. The molecule has 3 aromatic carbocycles. The van der Waals surface area contributed by atoms with E-state index in [0.29, 0.717) is 57.8 Å². The van der Waals surface area contributed by atoms with Gasteiger partial charge in [-0.15, -0.1) is 0 Å². The molecule has 2 heterocycles. The van der Waals surface area contributed by atoms with Crippen LogP contribution in [0.3, 0.4) is 0 Å². The highest BCUT2D eigenvalue weighted by Gasteiger charge is 2.21. The third-order valence-electron chi connectivity index (χ3n) is 6.65. The second-order valence-electron chi connectivity index (χ2n) is 8.94. The van der Waals surface area contributed by atoms with Crippen molar-refractivity contribution >= 4 is 11.0 Å². The molecule has 10 nitrogen and oxygen atoms in total. The number of rotatable bonds is 10. The predicted octanol–water partition coefficient (Wildman–Crippen LogP) is 4.99. The minimum atomic E-state index is -0.406. The van der Waals surface area contributed by atoms with Crippen LogP contribution in [0.2, 0.25) is 0 Å². The summed E-state index contributed by atoms with van der Waals surface area (Å²) in [5.74, 6) is 2.32. The van der Waals surface area contributed by atoms with Crippen molar-refractivity contribution in [3.05, 3.63) is 89.0 Å². The van der Waals surface area contributed by atoms with Crippen LogP contribution in [0.5, 0.6) is 28.7 Å². The Morgan fingerprint density at radius 3 is 2.15 bits per heavy atom. The third-order valence-corrected chi connectivity index (χ3v) is 6.65. The van der Waals surface area contributed by atoms with Gasteiger partial charge in [-0.05, 0) is 29.8 Å². The van der Waals surface area contributed by atoms with Crippen LogP contribution in [0.1, 0.15) is 5.56 Å².